The van der Waals surface area contributed by atoms with Gasteiger partial charge in [-0.2, -0.15) is 0 Å². The number of H-pyrrole nitrogens is 1. The van der Waals surface area contributed by atoms with E-state index in [1.165, 1.54) is 18.7 Å². The van der Waals surface area contributed by atoms with Crippen LogP contribution >= 0.6 is 0 Å². The minimum absolute atomic E-state index is 0.0718. The molecule has 0 radical (unpaired) electrons. The molecule has 0 saturated heterocycles. The highest BCUT2D eigenvalue weighted by molar-refractivity contribution is 5.99. The number of furan rings is 1. The van der Waals surface area contributed by atoms with Gasteiger partial charge in [0.2, 0.25) is 5.43 Å². The number of rotatable bonds is 8. The second-order valence-corrected chi connectivity index (χ2v) is 8.33. The van der Waals surface area contributed by atoms with Crippen molar-refractivity contribution in [2.45, 2.75) is 33.5 Å². The molecule has 8 nitrogen and oxygen atoms in total. The molecule has 0 spiro atoms. The first-order valence-electron chi connectivity index (χ1n) is 10.8. The molecule has 3 aromatic heterocycles. The van der Waals surface area contributed by atoms with E-state index in [9.17, 15) is 14.4 Å². The van der Waals surface area contributed by atoms with Gasteiger partial charge in [-0.05, 0) is 35.6 Å². The van der Waals surface area contributed by atoms with Gasteiger partial charge in [0.05, 0.1) is 19.4 Å². The number of nitrogens with one attached hydrogen (secondary N) is 3. The van der Waals surface area contributed by atoms with E-state index >= 15 is 0 Å². The minimum atomic E-state index is -0.610. The van der Waals surface area contributed by atoms with E-state index in [4.69, 9.17) is 4.42 Å². The van der Waals surface area contributed by atoms with Crippen molar-refractivity contribution in [2.24, 2.45) is 5.92 Å². The average molecular weight is 447 g/mol. The highest BCUT2D eigenvalue weighted by atomic mass is 16.3. The van der Waals surface area contributed by atoms with E-state index in [0.717, 1.165) is 16.6 Å². The van der Waals surface area contributed by atoms with Crippen LogP contribution in [0.4, 0.5) is 0 Å². The summed E-state index contributed by atoms with van der Waals surface area (Å²) in [7, 11) is 0. The lowest BCUT2D eigenvalue weighted by molar-refractivity contribution is 0.0945. The van der Waals surface area contributed by atoms with Crippen LogP contribution < -0.4 is 16.1 Å². The molecule has 4 rings (SSSR count). The van der Waals surface area contributed by atoms with Crippen LogP contribution in [0, 0.1) is 5.92 Å². The topological polar surface area (TPSA) is 109 Å². The number of amides is 2. The minimum Gasteiger partial charge on any atom is -0.467 e. The lowest BCUT2D eigenvalue weighted by Crippen LogP contribution is -2.35. The van der Waals surface area contributed by atoms with Gasteiger partial charge < -0.3 is 24.6 Å². The van der Waals surface area contributed by atoms with Crippen molar-refractivity contribution >= 4 is 22.7 Å². The summed E-state index contributed by atoms with van der Waals surface area (Å²) >= 11 is 0. The van der Waals surface area contributed by atoms with Gasteiger partial charge in [-0.3, -0.25) is 14.4 Å². The number of carbonyl (C=O) groups excluding carboxylic acids is 2. The van der Waals surface area contributed by atoms with E-state index in [2.05, 4.69) is 15.6 Å². The SMILES string of the molecule is CC(C)Cn1cc(C(=O)NCc2cc3ccccc3[nH]2)c(=O)c(C(=O)NCc2ccco2)c1. The van der Waals surface area contributed by atoms with Crippen LogP contribution in [0.2, 0.25) is 0 Å². The summed E-state index contributed by atoms with van der Waals surface area (Å²) in [6.45, 7) is 4.97. The standard InChI is InChI=1S/C25H26N4O4/c1-16(2)13-29-14-20(23(30)21(15-29)25(32)27-12-19-7-5-9-33-19)24(31)26-11-18-10-17-6-3-4-8-22(17)28-18/h3-10,14-16,28H,11-13H2,1-2H3,(H,26,31)(H,27,32). The van der Waals surface area contributed by atoms with Crippen molar-refractivity contribution in [1.29, 1.82) is 0 Å². The number of hydrogen-bond donors (Lipinski definition) is 3. The molecule has 170 valence electrons. The summed E-state index contributed by atoms with van der Waals surface area (Å²) in [6.07, 6.45) is 4.51. The third kappa shape index (κ3) is 5.23. The van der Waals surface area contributed by atoms with E-state index in [-0.39, 0.29) is 30.1 Å². The largest absolute Gasteiger partial charge is 0.467 e. The zero-order chi connectivity index (χ0) is 23.4. The Morgan fingerprint density at radius 1 is 1.00 bits per heavy atom. The zero-order valence-electron chi connectivity index (χ0n) is 18.6. The van der Waals surface area contributed by atoms with Gasteiger partial charge in [-0.1, -0.05) is 32.0 Å². The molecule has 0 aliphatic carbocycles. The smallest absolute Gasteiger partial charge is 0.257 e. The molecule has 4 aromatic rings. The Morgan fingerprint density at radius 3 is 2.33 bits per heavy atom. The molecule has 33 heavy (non-hydrogen) atoms. The van der Waals surface area contributed by atoms with Crippen LogP contribution in [0.3, 0.4) is 0 Å². The summed E-state index contributed by atoms with van der Waals surface area (Å²) in [4.78, 5) is 42.0. The Bertz CT molecular complexity index is 1300. The third-order valence-electron chi connectivity index (χ3n) is 5.17. The van der Waals surface area contributed by atoms with Crippen molar-refractivity contribution in [1.82, 2.24) is 20.2 Å². The van der Waals surface area contributed by atoms with Crippen molar-refractivity contribution in [2.75, 3.05) is 0 Å². The molecule has 0 unspecified atom stereocenters. The van der Waals surface area contributed by atoms with Crippen LogP contribution in [0.5, 0.6) is 0 Å². The van der Waals surface area contributed by atoms with Crippen molar-refractivity contribution in [3.63, 3.8) is 0 Å². The van der Waals surface area contributed by atoms with Gasteiger partial charge in [0, 0.05) is 30.1 Å². The van der Waals surface area contributed by atoms with Crippen molar-refractivity contribution in [3.8, 4) is 0 Å². The molecule has 0 bridgehead atoms. The Hall–Kier alpha value is -4.07. The molecule has 3 N–H and O–H groups in total. The van der Waals surface area contributed by atoms with Gasteiger partial charge in [-0.25, -0.2) is 0 Å². The van der Waals surface area contributed by atoms with Crippen LogP contribution in [0.25, 0.3) is 10.9 Å². The van der Waals surface area contributed by atoms with Crippen LogP contribution in [-0.4, -0.2) is 21.4 Å². The van der Waals surface area contributed by atoms with Crippen LogP contribution in [-0.2, 0) is 19.6 Å². The maximum absolute atomic E-state index is 13.0. The lowest BCUT2D eigenvalue weighted by Gasteiger charge is -2.14. The number of fused-ring (bicyclic) bond motifs is 1. The molecule has 8 heteroatoms. The zero-order valence-corrected chi connectivity index (χ0v) is 18.6. The Kier molecular flexibility index (Phi) is 6.44. The summed E-state index contributed by atoms with van der Waals surface area (Å²) in [5.74, 6) is -0.261. The number of pyridine rings is 1. The van der Waals surface area contributed by atoms with Gasteiger partial charge >= 0.3 is 0 Å². The molecule has 0 fully saturated rings. The molecular formula is C25H26N4O4. The highest BCUT2D eigenvalue weighted by Gasteiger charge is 2.20. The number of benzene rings is 1. The second-order valence-electron chi connectivity index (χ2n) is 8.33. The van der Waals surface area contributed by atoms with E-state index in [1.807, 2.05) is 44.2 Å². The molecule has 1 aromatic carbocycles. The summed E-state index contributed by atoms with van der Waals surface area (Å²) < 4.78 is 6.93. The fraction of sp³-hybridized carbons (Fsp3) is 0.240. The fourth-order valence-corrected chi connectivity index (χ4v) is 3.66. The molecule has 0 aliphatic rings. The van der Waals surface area contributed by atoms with Gasteiger partial charge in [-0.15, -0.1) is 0 Å². The summed E-state index contributed by atoms with van der Waals surface area (Å²) in [5.41, 5.74) is 1.02. The number of aromatic nitrogens is 2. The molecule has 3 heterocycles. The third-order valence-corrected chi connectivity index (χ3v) is 5.17. The summed E-state index contributed by atoms with van der Waals surface area (Å²) in [5, 5.41) is 6.50. The predicted molar refractivity (Wildman–Crippen MR) is 125 cm³/mol. The molecule has 0 saturated carbocycles. The lowest BCUT2D eigenvalue weighted by atomic mass is 10.1. The number of nitrogens with zero attached hydrogens (tertiary/aromatic N) is 1. The van der Waals surface area contributed by atoms with Crippen LogP contribution in [0.1, 0.15) is 46.0 Å². The van der Waals surface area contributed by atoms with Gasteiger partial charge in [0.25, 0.3) is 11.8 Å². The van der Waals surface area contributed by atoms with Gasteiger partial charge in [0.15, 0.2) is 0 Å². The van der Waals surface area contributed by atoms with Crippen LogP contribution in [0.15, 0.2) is 70.3 Å². The first-order chi connectivity index (χ1) is 15.9. The first-order valence-corrected chi connectivity index (χ1v) is 10.8. The van der Waals surface area contributed by atoms with Crippen molar-refractivity contribution in [3.05, 3.63) is 93.9 Å². The van der Waals surface area contributed by atoms with Crippen molar-refractivity contribution < 1.29 is 14.0 Å². The molecule has 0 atom stereocenters. The maximum Gasteiger partial charge on any atom is 0.257 e. The maximum atomic E-state index is 13.0. The first kappa shape index (κ1) is 22.1. The van der Waals surface area contributed by atoms with E-state index in [1.54, 1.807) is 16.7 Å². The number of para-hydroxylation sites is 1. The Labute approximate surface area is 190 Å². The number of aromatic amines is 1. The second kappa shape index (κ2) is 9.60. The highest BCUT2D eigenvalue weighted by Crippen LogP contribution is 2.14. The molecule has 0 aliphatic heterocycles. The fourth-order valence-electron chi connectivity index (χ4n) is 3.66. The number of hydrogen-bond acceptors (Lipinski definition) is 4. The quantitative estimate of drug-likeness (QED) is 0.385. The normalized spacial score (nSPS) is 11.1. The number of carbonyl (C=O) groups is 2. The Morgan fingerprint density at radius 2 is 1.70 bits per heavy atom. The van der Waals surface area contributed by atoms with Gasteiger partial charge in [0.1, 0.15) is 16.9 Å². The molecular weight excluding hydrogens is 420 g/mol. The molecule has 2 amide bonds. The van der Waals surface area contributed by atoms with E-state index < -0.39 is 17.2 Å². The van der Waals surface area contributed by atoms with E-state index in [0.29, 0.717) is 12.3 Å². The summed E-state index contributed by atoms with van der Waals surface area (Å²) in [6, 6.07) is 13.2. The monoisotopic (exact) mass is 446 g/mol. The average Bonchev–Trinajstić information content (AvgIpc) is 3.46. The predicted octanol–water partition coefficient (Wildman–Crippen LogP) is 3.44. The Balaban J connectivity index is 1.55.